The molecule has 0 bridgehead atoms. The molecule has 106 valence electrons. The highest BCUT2D eigenvalue weighted by Crippen LogP contribution is 2.33. The molecule has 1 fully saturated rings. The summed E-state index contributed by atoms with van der Waals surface area (Å²) in [5, 5.41) is 3.37. The molecule has 2 unspecified atom stereocenters. The molecule has 0 amide bonds. The fourth-order valence-electron chi connectivity index (χ4n) is 2.92. The molecule has 1 heterocycles. The number of nitrogens with zero attached hydrogens (tertiary/aromatic N) is 1. The predicted molar refractivity (Wildman–Crippen MR) is 86.9 cm³/mol. The Balaban J connectivity index is 2.37. The van der Waals surface area contributed by atoms with Gasteiger partial charge in [0.05, 0.1) is 0 Å². The quantitative estimate of drug-likeness (QED) is 0.880. The fraction of sp³-hybridized carbons (Fsp3) is 0.625. The topological polar surface area (TPSA) is 15.3 Å². The van der Waals surface area contributed by atoms with Gasteiger partial charge in [-0.1, -0.05) is 34.8 Å². The van der Waals surface area contributed by atoms with Crippen molar-refractivity contribution in [3.63, 3.8) is 0 Å². The second-order valence-corrected chi connectivity index (χ2v) is 6.52. The van der Waals surface area contributed by atoms with Crippen LogP contribution in [0.2, 0.25) is 0 Å². The standard InChI is InChI=1S/C16H25BrN2/c1-12-7-5-4-6-10-19(12)16-11-14(17)8-9-15(16)13(2)18-3/h8-9,11-13,18H,4-7,10H2,1-3H3. The lowest BCUT2D eigenvalue weighted by Crippen LogP contribution is -2.34. The molecular weight excluding hydrogens is 300 g/mol. The molecule has 0 aliphatic carbocycles. The zero-order valence-corrected chi connectivity index (χ0v) is 13.8. The zero-order chi connectivity index (χ0) is 13.8. The van der Waals surface area contributed by atoms with Crippen LogP contribution in [-0.4, -0.2) is 19.6 Å². The van der Waals surface area contributed by atoms with Crippen LogP contribution < -0.4 is 10.2 Å². The Morgan fingerprint density at radius 1 is 1.32 bits per heavy atom. The van der Waals surface area contributed by atoms with Crippen LogP contribution in [0.15, 0.2) is 22.7 Å². The first-order chi connectivity index (χ1) is 9.13. The van der Waals surface area contributed by atoms with Gasteiger partial charge in [0.25, 0.3) is 0 Å². The number of halogens is 1. The van der Waals surface area contributed by atoms with Crippen LogP contribution in [0.4, 0.5) is 5.69 Å². The van der Waals surface area contributed by atoms with Crippen LogP contribution in [0.5, 0.6) is 0 Å². The molecule has 0 spiro atoms. The van der Waals surface area contributed by atoms with E-state index in [1.807, 2.05) is 7.05 Å². The van der Waals surface area contributed by atoms with Crippen molar-refractivity contribution >= 4 is 21.6 Å². The van der Waals surface area contributed by atoms with Crippen molar-refractivity contribution in [1.29, 1.82) is 0 Å². The third kappa shape index (κ3) is 3.51. The number of rotatable bonds is 3. The van der Waals surface area contributed by atoms with E-state index in [0.717, 1.165) is 0 Å². The highest BCUT2D eigenvalue weighted by atomic mass is 79.9. The Labute approximate surface area is 125 Å². The molecule has 0 saturated carbocycles. The lowest BCUT2D eigenvalue weighted by atomic mass is 10.0. The molecule has 1 saturated heterocycles. The molecule has 2 nitrogen and oxygen atoms in total. The molecular formula is C16H25BrN2. The number of hydrogen-bond acceptors (Lipinski definition) is 2. The molecule has 1 aliphatic rings. The molecule has 3 heteroatoms. The second-order valence-electron chi connectivity index (χ2n) is 5.61. The van der Waals surface area contributed by atoms with Gasteiger partial charge in [-0.2, -0.15) is 0 Å². The van der Waals surface area contributed by atoms with E-state index in [1.165, 1.54) is 48.0 Å². The molecule has 19 heavy (non-hydrogen) atoms. The van der Waals surface area contributed by atoms with Crippen LogP contribution in [-0.2, 0) is 0 Å². The van der Waals surface area contributed by atoms with Gasteiger partial charge in [-0.05, 0) is 51.4 Å². The van der Waals surface area contributed by atoms with E-state index in [1.54, 1.807) is 0 Å². The van der Waals surface area contributed by atoms with Gasteiger partial charge in [-0.15, -0.1) is 0 Å². The zero-order valence-electron chi connectivity index (χ0n) is 12.2. The van der Waals surface area contributed by atoms with Gasteiger partial charge in [-0.3, -0.25) is 0 Å². The third-order valence-electron chi connectivity index (χ3n) is 4.25. The van der Waals surface area contributed by atoms with Crippen molar-refractivity contribution in [2.75, 3.05) is 18.5 Å². The average molecular weight is 325 g/mol. The average Bonchev–Trinajstić information content (AvgIpc) is 2.62. The Morgan fingerprint density at radius 2 is 2.11 bits per heavy atom. The Hall–Kier alpha value is -0.540. The van der Waals surface area contributed by atoms with Gasteiger partial charge in [0.2, 0.25) is 0 Å². The minimum Gasteiger partial charge on any atom is -0.369 e. The van der Waals surface area contributed by atoms with Crippen molar-refractivity contribution in [3.05, 3.63) is 28.2 Å². The van der Waals surface area contributed by atoms with E-state index in [0.29, 0.717) is 12.1 Å². The smallest absolute Gasteiger partial charge is 0.0428 e. The van der Waals surface area contributed by atoms with E-state index < -0.39 is 0 Å². The molecule has 2 rings (SSSR count). The number of hydrogen-bond donors (Lipinski definition) is 1. The summed E-state index contributed by atoms with van der Waals surface area (Å²) < 4.78 is 1.17. The summed E-state index contributed by atoms with van der Waals surface area (Å²) >= 11 is 3.63. The third-order valence-corrected chi connectivity index (χ3v) is 4.75. The summed E-state index contributed by atoms with van der Waals surface area (Å²) in [6, 6.07) is 7.70. The number of nitrogens with one attached hydrogen (secondary N) is 1. The summed E-state index contributed by atoms with van der Waals surface area (Å²) in [7, 11) is 2.03. The van der Waals surface area contributed by atoms with Crippen molar-refractivity contribution in [1.82, 2.24) is 5.32 Å². The monoisotopic (exact) mass is 324 g/mol. The summed E-state index contributed by atoms with van der Waals surface area (Å²) in [5.74, 6) is 0. The minimum absolute atomic E-state index is 0.388. The normalized spacial score (nSPS) is 22.1. The largest absolute Gasteiger partial charge is 0.369 e. The maximum Gasteiger partial charge on any atom is 0.0428 e. The van der Waals surface area contributed by atoms with Crippen LogP contribution in [0.1, 0.15) is 51.1 Å². The Bertz CT molecular complexity index is 419. The minimum atomic E-state index is 0.388. The lowest BCUT2D eigenvalue weighted by molar-refractivity contribution is 0.602. The lowest BCUT2D eigenvalue weighted by Gasteiger charge is -2.33. The molecule has 1 aliphatic heterocycles. The number of benzene rings is 1. The van der Waals surface area contributed by atoms with Crippen LogP contribution in [0.3, 0.4) is 0 Å². The maximum absolute atomic E-state index is 3.63. The summed E-state index contributed by atoms with van der Waals surface area (Å²) in [4.78, 5) is 2.60. The summed E-state index contributed by atoms with van der Waals surface area (Å²) in [5.41, 5.74) is 2.80. The molecule has 0 radical (unpaired) electrons. The van der Waals surface area contributed by atoms with Gasteiger partial charge in [0.1, 0.15) is 0 Å². The molecule has 2 atom stereocenters. The second kappa shape index (κ2) is 6.76. The molecule has 0 aromatic heterocycles. The van der Waals surface area contributed by atoms with Gasteiger partial charge in [-0.25, -0.2) is 0 Å². The van der Waals surface area contributed by atoms with Gasteiger partial charge >= 0.3 is 0 Å². The first-order valence-electron chi connectivity index (χ1n) is 7.37. The Morgan fingerprint density at radius 3 is 2.84 bits per heavy atom. The van der Waals surface area contributed by atoms with Gasteiger partial charge < -0.3 is 10.2 Å². The van der Waals surface area contributed by atoms with Crippen LogP contribution in [0, 0.1) is 0 Å². The molecule has 1 aromatic rings. The molecule has 1 N–H and O–H groups in total. The van der Waals surface area contributed by atoms with Crippen molar-refractivity contribution < 1.29 is 0 Å². The number of anilines is 1. The molecule has 1 aromatic carbocycles. The van der Waals surface area contributed by atoms with E-state index in [4.69, 9.17) is 0 Å². The van der Waals surface area contributed by atoms with Gasteiger partial charge in [0, 0.05) is 28.8 Å². The van der Waals surface area contributed by atoms with E-state index in [9.17, 15) is 0 Å². The first-order valence-corrected chi connectivity index (χ1v) is 8.16. The van der Waals surface area contributed by atoms with E-state index >= 15 is 0 Å². The van der Waals surface area contributed by atoms with Gasteiger partial charge in [0.15, 0.2) is 0 Å². The predicted octanol–water partition coefficient (Wildman–Crippen LogP) is 4.50. The van der Waals surface area contributed by atoms with E-state index in [-0.39, 0.29) is 0 Å². The summed E-state index contributed by atoms with van der Waals surface area (Å²) in [6.45, 7) is 5.77. The summed E-state index contributed by atoms with van der Waals surface area (Å²) in [6.07, 6.45) is 5.35. The highest BCUT2D eigenvalue weighted by Gasteiger charge is 2.21. The SMILES string of the molecule is CNC(C)c1ccc(Br)cc1N1CCCCCC1C. The van der Waals surface area contributed by atoms with Crippen LogP contribution >= 0.6 is 15.9 Å². The highest BCUT2D eigenvalue weighted by molar-refractivity contribution is 9.10. The van der Waals surface area contributed by atoms with Crippen LogP contribution in [0.25, 0.3) is 0 Å². The van der Waals surface area contributed by atoms with E-state index in [2.05, 4.69) is 58.2 Å². The van der Waals surface area contributed by atoms with Crippen molar-refractivity contribution in [2.24, 2.45) is 0 Å². The van der Waals surface area contributed by atoms with Crippen molar-refractivity contribution in [2.45, 2.75) is 51.6 Å². The van der Waals surface area contributed by atoms with Crippen molar-refractivity contribution in [3.8, 4) is 0 Å². The first kappa shape index (κ1) is 14.9. The maximum atomic E-state index is 3.63. The Kier molecular flexibility index (Phi) is 5.28. The fourth-order valence-corrected chi connectivity index (χ4v) is 3.27.